The van der Waals surface area contributed by atoms with E-state index in [0.717, 1.165) is 26.2 Å². The van der Waals surface area contributed by atoms with Gasteiger partial charge in [0.25, 0.3) is 0 Å². The van der Waals surface area contributed by atoms with Gasteiger partial charge >= 0.3 is 6.09 Å². The molecule has 1 rings (SSSR count). The molecule has 2 N–H and O–H groups in total. The van der Waals surface area contributed by atoms with Crippen LogP contribution in [0.1, 0.15) is 0 Å². The second-order valence-electron chi connectivity index (χ2n) is 2.64. The van der Waals surface area contributed by atoms with Crippen LogP contribution >= 0.6 is 0 Å². The molecule has 1 saturated heterocycles. The zero-order valence-corrected chi connectivity index (χ0v) is 6.62. The number of piperazine rings is 1. The fourth-order valence-corrected chi connectivity index (χ4v) is 1.01. The predicted molar refractivity (Wildman–Crippen MR) is 39.7 cm³/mol. The van der Waals surface area contributed by atoms with Crippen molar-refractivity contribution in [2.75, 3.05) is 33.2 Å². The largest absolute Gasteiger partial charge is 0.423 e. The van der Waals surface area contributed by atoms with Crippen molar-refractivity contribution >= 4 is 6.09 Å². The Morgan fingerprint density at radius 2 is 1.91 bits per heavy atom. The fourth-order valence-electron chi connectivity index (χ4n) is 1.01. The zero-order chi connectivity index (χ0) is 8.27. The number of carbonyl (C=O) groups is 1. The molecule has 5 heteroatoms. The van der Waals surface area contributed by atoms with Gasteiger partial charge in [0.15, 0.2) is 0 Å². The number of rotatable bonds is 1. The molecule has 5 nitrogen and oxygen atoms in total. The van der Waals surface area contributed by atoms with Gasteiger partial charge in [0.2, 0.25) is 0 Å². The van der Waals surface area contributed by atoms with Gasteiger partial charge in [0.05, 0.1) is 0 Å². The van der Waals surface area contributed by atoms with Gasteiger partial charge in [-0.15, -0.1) is 5.06 Å². The van der Waals surface area contributed by atoms with Crippen LogP contribution in [0.2, 0.25) is 0 Å². The average molecular weight is 159 g/mol. The highest BCUT2D eigenvalue weighted by molar-refractivity contribution is 5.64. The SMILES string of the molecule is CN1CCN(OC(N)=O)CC1. The number of primary amides is 1. The summed E-state index contributed by atoms with van der Waals surface area (Å²) in [5, 5.41) is 1.59. The lowest BCUT2D eigenvalue weighted by Crippen LogP contribution is -2.45. The topological polar surface area (TPSA) is 58.8 Å². The number of hydrogen-bond donors (Lipinski definition) is 1. The summed E-state index contributed by atoms with van der Waals surface area (Å²) in [4.78, 5) is 17.1. The van der Waals surface area contributed by atoms with Crippen LogP contribution in [0, 0.1) is 0 Å². The molecule has 0 saturated carbocycles. The maximum atomic E-state index is 10.3. The molecule has 0 bridgehead atoms. The number of nitrogens with zero attached hydrogens (tertiary/aromatic N) is 2. The lowest BCUT2D eigenvalue weighted by atomic mass is 10.4. The molecule has 0 spiro atoms. The number of likely N-dealkylation sites (N-methyl/N-ethyl adjacent to an activating group) is 1. The van der Waals surface area contributed by atoms with E-state index < -0.39 is 6.09 Å². The molecular formula is C6H13N3O2. The average Bonchev–Trinajstić information content (AvgIpc) is 1.93. The van der Waals surface area contributed by atoms with Gasteiger partial charge in [-0.2, -0.15) is 0 Å². The summed E-state index contributed by atoms with van der Waals surface area (Å²) in [6.45, 7) is 3.29. The summed E-state index contributed by atoms with van der Waals surface area (Å²) in [6.07, 6.45) is -0.727. The third-order valence-electron chi connectivity index (χ3n) is 1.68. The van der Waals surface area contributed by atoms with E-state index in [1.165, 1.54) is 0 Å². The molecular weight excluding hydrogens is 146 g/mol. The minimum Gasteiger partial charge on any atom is -0.351 e. The van der Waals surface area contributed by atoms with Crippen molar-refractivity contribution in [3.05, 3.63) is 0 Å². The van der Waals surface area contributed by atoms with Crippen molar-refractivity contribution in [3.8, 4) is 0 Å². The highest BCUT2D eigenvalue weighted by Gasteiger charge is 2.15. The van der Waals surface area contributed by atoms with Gasteiger partial charge in [-0.1, -0.05) is 0 Å². The van der Waals surface area contributed by atoms with E-state index >= 15 is 0 Å². The van der Waals surface area contributed by atoms with Crippen LogP contribution in [0.5, 0.6) is 0 Å². The Kier molecular flexibility index (Phi) is 2.67. The monoisotopic (exact) mass is 159 g/mol. The van der Waals surface area contributed by atoms with Crippen molar-refractivity contribution in [1.29, 1.82) is 0 Å². The van der Waals surface area contributed by atoms with Crippen LogP contribution in [-0.2, 0) is 4.84 Å². The van der Waals surface area contributed by atoms with Gasteiger partial charge < -0.3 is 15.5 Å². The second kappa shape index (κ2) is 3.54. The second-order valence-corrected chi connectivity index (χ2v) is 2.64. The molecule has 0 aromatic carbocycles. The number of amides is 1. The summed E-state index contributed by atoms with van der Waals surface area (Å²) in [7, 11) is 2.03. The zero-order valence-electron chi connectivity index (χ0n) is 6.62. The van der Waals surface area contributed by atoms with Crippen LogP contribution in [0.25, 0.3) is 0 Å². The Morgan fingerprint density at radius 1 is 1.36 bits per heavy atom. The molecule has 1 fully saturated rings. The lowest BCUT2D eigenvalue weighted by molar-refractivity contribution is -0.117. The molecule has 0 aromatic heterocycles. The first-order chi connectivity index (χ1) is 5.18. The maximum Gasteiger partial charge on any atom is 0.423 e. The number of nitrogens with two attached hydrogens (primary N) is 1. The van der Waals surface area contributed by atoms with Crippen LogP contribution in [0.3, 0.4) is 0 Å². The summed E-state index contributed by atoms with van der Waals surface area (Å²) in [5.41, 5.74) is 4.84. The molecule has 0 aromatic rings. The van der Waals surface area contributed by atoms with E-state index in [0.29, 0.717) is 0 Å². The van der Waals surface area contributed by atoms with Crippen molar-refractivity contribution in [2.45, 2.75) is 0 Å². The number of hydrogen-bond acceptors (Lipinski definition) is 4. The van der Waals surface area contributed by atoms with Gasteiger partial charge in [-0.25, -0.2) is 4.79 Å². The fraction of sp³-hybridized carbons (Fsp3) is 0.833. The standard InChI is InChI=1S/C6H13N3O2/c1-8-2-4-9(5-3-8)11-6(7)10/h2-5H2,1H3,(H2,7,10). The predicted octanol–water partition coefficient (Wildman–Crippen LogP) is -0.756. The Bertz CT molecular complexity index is 143. The van der Waals surface area contributed by atoms with Gasteiger partial charge in [-0.05, 0) is 7.05 Å². The van der Waals surface area contributed by atoms with Crippen LogP contribution in [0.4, 0.5) is 4.79 Å². The summed E-state index contributed by atoms with van der Waals surface area (Å²) >= 11 is 0. The van der Waals surface area contributed by atoms with Crippen LogP contribution in [-0.4, -0.2) is 49.3 Å². The molecule has 64 valence electrons. The molecule has 11 heavy (non-hydrogen) atoms. The first kappa shape index (κ1) is 8.29. The van der Waals surface area contributed by atoms with E-state index in [2.05, 4.69) is 9.74 Å². The Morgan fingerprint density at radius 3 is 2.36 bits per heavy atom. The van der Waals surface area contributed by atoms with Gasteiger partial charge in [0, 0.05) is 26.2 Å². The number of carbonyl (C=O) groups excluding carboxylic acids is 1. The Labute approximate surface area is 65.6 Å². The van der Waals surface area contributed by atoms with Crippen molar-refractivity contribution in [2.24, 2.45) is 5.73 Å². The molecule has 1 amide bonds. The van der Waals surface area contributed by atoms with Gasteiger partial charge in [-0.3, -0.25) is 0 Å². The third-order valence-corrected chi connectivity index (χ3v) is 1.68. The third kappa shape index (κ3) is 2.73. The molecule has 0 aliphatic carbocycles. The Balaban J connectivity index is 2.22. The molecule has 0 atom stereocenters. The van der Waals surface area contributed by atoms with Gasteiger partial charge in [0.1, 0.15) is 0 Å². The smallest absolute Gasteiger partial charge is 0.351 e. The Hall–Kier alpha value is -0.810. The summed E-state index contributed by atoms with van der Waals surface area (Å²) < 4.78 is 0. The first-order valence-corrected chi connectivity index (χ1v) is 3.59. The molecule has 0 radical (unpaired) electrons. The minimum absolute atomic E-state index is 0.727. The lowest BCUT2D eigenvalue weighted by Gasteiger charge is -2.29. The van der Waals surface area contributed by atoms with E-state index in [1.54, 1.807) is 5.06 Å². The minimum atomic E-state index is -0.727. The van der Waals surface area contributed by atoms with Crippen molar-refractivity contribution < 1.29 is 9.63 Å². The summed E-state index contributed by atoms with van der Waals surface area (Å²) in [5.74, 6) is 0. The summed E-state index contributed by atoms with van der Waals surface area (Å²) in [6, 6.07) is 0. The number of hydroxylamine groups is 2. The van der Waals surface area contributed by atoms with E-state index in [1.807, 2.05) is 7.05 Å². The maximum absolute atomic E-state index is 10.3. The van der Waals surface area contributed by atoms with Crippen molar-refractivity contribution in [3.63, 3.8) is 0 Å². The molecule has 1 aliphatic heterocycles. The van der Waals surface area contributed by atoms with E-state index in [-0.39, 0.29) is 0 Å². The quantitative estimate of drug-likeness (QED) is 0.546. The van der Waals surface area contributed by atoms with Crippen LogP contribution < -0.4 is 5.73 Å². The van der Waals surface area contributed by atoms with Crippen LogP contribution in [0.15, 0.2) is 0 Å². The molecule has 1 aliphatic rings. The molecule has 0 unspecified atom stereocenters. The van der Waals surface area contributed by atoms with Crippen molar-refractivity contribution in [1.82, 2.24) is 9.96 Å². The molecule has 1 heterocycles. The first-order valence-electron chi connectivity index (χ1n) is 3.59. The van der Waals surface area contributed by atoms with E-state index in [4.69, 9.17) is 5.73 Å². The highest BCUT2D eigenvalue weighted by Crippen LogP contribution is 1.98. The van der Waals surface area contributed by atoms with E-state index in [9.17, 15) is 4.79 Å². The highest BCUT2D eigenvalue weighted by atomic mass is 16.7. The normalized spacial score (nSPS) is 21.5.